The zero-order chi connectivity index (χ0) is 12.5. The van der Waals surface area contributed by atoms with Gasteiger partial charge in [0.05, 0.1) is 5.56 Å². The zero-order valence-corrected chi connectivity index (χ0v) is 8.78. The lowest BCUT2D eigenvalue weighted by Crippen LogP contribution is -2.25. The summed E-state index contributed by atoms with van der Waals surface area (Å²) in [6.07, 6.45) is 0.0101. The quantitative estimate of drug-likeness (QED) is 0.805. The van der Waals surface area contributed by atoms with Crippen LogP contribution in [0.4, 0.5) is 13.2 Å². The third kappa shape index (κ3) is 2.39. The van der Waals surface area contributed by atoms with Crippen LogP contribution < -0.4 is 0 Å². The molecule has 0 aromatic heterocycles. The SMILES string of the molecule is OC1(c2cccc(C(F)(F)F)c2)C=CN=CC1. The number of aliphatic imine (C=N–C) groups is 1. The summed E-state index contributed by atoms with van der Waals surface area (Å²) in [5, 5.41) is 10.2. The number of nitrogens with zero attached hydrogens (tertiary/aromatic N) is 1. The Morgan fingerprint density at radius 2 is 2.06 bits per heavy atom. The van der Waals surface area contributed by atoms with Gasteiger partial charge in [-0.25, -0.2) is 0 Å². The molecule has 0 aliphatic carbocycles. The molecular formula is C12H10F3NO. The molecule has 0 radical (unpaired) electrons. The predicted molar refractivity (Wildman–Crippen MR) is 57.6 cm³/mol. The Morgan fingerprint density at radius 3 is 2.65 bits per heavy atom. The highest BCUT2D eigenvalue weighted by Crippen LogP contribution is 2.34. The Hall–Kier alpha value is -1.62. The van der Waals surface area contributed by atoms with Crippen LogP contribution in [0.2, 0.25) is 0 Å². The van der Waals surface area contributed by atoms with Gasteiger partial charge in [0.15, 0.2) is 0 Å². The molecule has 0 saturated carbocycles. The van der Waals surface area contributed by atoms with Crippen LogP contribution in [0.15, 0.2) is 41.5 Å². The summed E-state index contributed by atoms with van der Waals surface area (Å²) >= 11 is 0. The Bertz CT molecular complexity index is 479. The lowest BCUT2D eigenvalue weighted by Gasteiger charge is -2.25. The van der Waals surface area contributed by atoms with Gasteiger partial charge in [-0.05, 0) is 23.8 Å². The molecule has 1 aromatic rings. The van der Waals surface area contributed by atoms with Crippen LogP contribution in [0.3, 0.4) is 0 Å². The van der Waals surface area contributed by atoms with E-state index in [9.17, 15) is 18.3 Å². The fourth-order valence-corrected chi connectivity index (χ4v) is 1.67. The first-order valence-electron chi connectivity index (χ1n) is 5.01. The minimum atomic E-state index is -4.40. The molecule has 0 spiro atoms. The van der Waals surface area contributed by atoms with Gasteiger partial charge < -0.3 is 5.11 Å². The van der Waals surface area contributed by atoms with Gasteiger partial charge >= 0.3 is 6.18 Å². The molecule has 0 fully saturated rings. The first kappa shape index (κ1) is 11.9. The van der Waals surface area contributed by atoms with E-state index < -0.39 is 17.3 Å². The van der Waals surface area contributed by atoms with E-state index in [1.807, 2.05) is 0 Å². The number of halogens is 3. The maximum atomic E-state index is 12.5. The average Bonchev–Trinajstić information content (AvgIpc) is 2.29. The van der Waals surface area contributed by atoms with Crippen molar-refractivity contribution in [1.82, 2.24) is 0 Å². The third-order valence-electron chi connectivity index (χ3n) is 2.63. The zero-order valence-electron chi connectivity index (χ0n) is 8.78. The highest BCUT2D eigenvalue weighted by molar-refractivity contribution is 5.63. The lowest BCUT2D eigenvalue weighted by atomic mass is 9.89. The van der Waals surface area contributed by atoms with Gasteiger partial charge in [0.25, 0.3) is 0 Å². The molecule has 1 aliphatic rings. The number of benzene rings is 1. The standard InChI is InChI=1S/C12H10F3NO/c13-12(14,15)10-3-1-2-9(8-10)11(17)4-6-16-7-5-11/h1-4,6-8,17H,5H2. The monoisotopic (exact) mass is 241 g/mol. The van der Waals surface area contributed by atoms with Crippen LogP contribution in [0.1, 0.15) is 17.5 Å². The van der Waals surface area contributed by atoms with E-state index in [4.69, 9.17) is 0 Å². The highest BCUT2D eigenvalue weighted by atomic mass is 19.4. The minimum Gasteiger partial charge on any atom is -0.381 e. The largest absolute Gasteiger partial charge is 0.416 e. The molecule has 1 aliphatic heterocycles. The second-order valence-corrected chi connectivity index (χ2v) is 3.85. The van der Waals surface area contributed by atoms with Crippen molar-refractivity contribution in [1.29, 1.82) is 0 Å². The van der Waals surface area contributed by atoms with Gasteiger partial charge in [-0.15, -0.1) is 0 Å². The average molecular weight is 241 g/mol. The summed E-state index contributed by atoms with van der Waals surface area (Å²) in [4.78, 5) is 3.78. The van der Waals surface area contributed by atoms with Crippen molar-refractivity contribution in [2.24, 2.45) is 4.99 Å². The molecule has 1 heterocycles. The number of hydrogen-bond donors (Lipinski definition) is 1. The van der Waals surface area contributed by atoms with E-state index in [2.05, 4.69) is 4.99 Å². The van der Waals surface area contributed by atoms with Gasteiger partial charge in [0, 0.05) is 18.8 Å². The molecule has 1 atom stereocenters. The molecule has 1 N–H and O–H groups in total. The molecular weight excluding hydrogens is 231 g/mol. The third-order valence-corrected chi connectivity index (χ3v) is 2.63. The van der Waals surface area contributed by atoms with Crippen molar-refractivity contribution in [3.8, 4) is 0 Å². The van der Waals surface area contributed by atoms with Crippen molar-refractivity contribution in [2.75, 3.05) is 0 Å². The summed E-state index contributed by atoms with van der Waals surface area (Å²) in [5.41, 5.74) is -1.95. The van der Waals surface area contributed by atoms with E-state index in [1.165, 1.54) is 30.6 Å². The molecule has 5 heteroatoms. The normalized spacial score (nSPS) is 24.0. The number of alkyl halides is 3. The molecule has 0 bridgehead atoms. The van der Waals surface area contributed by atoms with E-state index >= 15 is 0 Å². The molecule has 2 nitrogen and oxygen atoms in total. The van der Waals surface area contributed by atoms with Crippen LogP contribution in [-0.2, 0) is 11.8 Å². The summed E-state index contributed by atoms with van der Waals surface area (Å²) < 4.78 is 37.6. The topological polar surface area (TPSA) is 32.6 Å². The molecule has 0 saturated heterocycles. The summed E-state index contributed by atoms with van der Waals surface area (Å²) in [5.74, 6) is 0. The summed E-state index contributed by atoms with van der Waals surface area (Å²) in [6, 6.07) is 4.70. The lowest BCUT2D eigenvalue weighted by molar-refractivity contribution is -0.137. The van der Waals surface area contributed by atoms with Gasteiger partial charge in [-0.2, -0.15) is 13.2 Å². The fraction of sp³-hybridized carbons (Fsp3) is 0.250. The van der Waals surface area contributed by atoms with Crippen LogP contribution >= 0.6 is 0 Å². The maximum absolute atomic E-state index is 12.5. The number of aliphatic hydroxyl groups is 1. The fourth-order valence-electron chi connectivity index (χ4n) is 1.67. The minimum absolute atomic E-state index is 0.171. The van der Waals surface area contributed by atoms with Gasteiger partial charge in [0.1, 0.15) is 5.60 Å². The van der Waals surface area contributed by atoms with Crippen LogP contribution in [0.5, 0.6) is 0 Å². The molecule has 0 amide bonds. The van der Waals surface area contributed by atoms with E-state index in [1.54, 1.807) is 0 Å². The summed E-state index contributed by atoms with van der Waals surface area (Å²) in [6.45, 7) is 0. The molecule has 90 valence electrons. The second kappa shape index (κ2) is 4.00. The van der Waals surface area contributed by atoms with Crippen LogP contribution in [0, 0.1) is 0 Å². The first-order valence-corrected chi connectivity index (χ1v) is 5.01. The predicted octanol–water partition coefficient (Wildman–Crippen LogP) is 2.88. The van der Waals surface area contributed by atoms with Crippen molar-refractivity contribution in [3.05, 3.63) is 47.7 Å². The van der Waals surface area contributed by atoms with E-state index in [0.29, 0.717) is 0 Å². The number of rotatable bonds is 1. The Morgan fingerprint density at radius 1 is 1.29 bits per heavy atom. The van der Waals surface area contributed by atoms with Crippen LogP contribution in [0.25, 0.3) is 0 Å². The highest BCUT2D eigenvalue weighted by Gasteiger charge is 2.33. The Kier molecular flexibility index (Phi) is 2.79. The Balaban J connectivity index is 2.40. The second-order valence-electron chi connectivity index (χ2n) is 3.85. The maximum Gasteiger partial charge on any atom is 0.416 e. The van der Waals surface area contributed by atoms with Gasteiger partial charge in [-0.1, -0.05) is 12.1 Å². The van der Waals surface area contributed by atoms with Crippen molar-refractivity contribution in [3.63, 3.8) is 0 Å². The molecule has 2 rings (SSSR count). The van der Waals surface area contributed by atoms with E-state index in [-0.39, 0.29) is 12.0 Å². The molecule has 1 unspecified atom stereocenters. The van der Waals surface area contributed by atoms with E-state index in [0.717, 1.165) is 12.1 Å². The van der Waals surface area contributed by atoms with Crippen LogP contribution in [-0.4, -0.2) is 11.3 Å². The number of hydrogen-bond acceptors (Lipinski definition) is 2. The molecule has 1 aromatic carbocycles. The smallest absolute Gasteiger partial charge is 0.381 e. The van der Waals surface area contributed by atoms with Crippen molar-refractivity contribution >= 4 is 6.21 Å². The van der Waals surface area contributed by atoms with Crippen molar-refractivity contribution in [2.45, 2.75) is 18.2 Å². The first-order chi connectivity index (χ1) is 7.92. The van der Waals surface area contributed by atoms with Gasteiger partial charge in [-0.3, -0.25) is 4.99 Å². The summed E-state index contributed by atoms with van der Waals surface area (Å²) in [7, 11) is 0. The Labute approximate surface area is 96.1 Å². The van der Waals surface area contributed by atoms with Gasteiger partial charge in [0.2, 0.25) is 0 Å². The van der Waals surface area contributed by atoms with Crippen molar-refractivity contribution < 1.29 is 18.3 Å². The molecule has 17 heavy (non-hydrogen) atoms.